The third-order valence-electron chi connectivity index (χ3n) is 9.20. The van der Waals surface area contributed by atoms with E-state index in [1.807, 2.05) is 26.0 Å². The Hall–Kier alpha value is -4.44. The largest absolute Gasteiger partial charge is 0.506 e. The first kappa shape index (κ1) is 24.6. The maximum atomic E-state index is 13.8. The number of aliphatic hydroxyl groups excluding tert-OH is 1. The van der Waals surface area contributed by atoms with Crippen LogP contribution in [0.3, 0.4) is 0 Å². The predicted molar refractivity (Wildman–Crippen MR) is 165 cm³/mol. The zero-order valence-electron chi connectivity index (χ0n) is 23.7. The molecule has 0 spiro atoms. The standard InChI is InChI=1S/C36H32N2O2/c1-19(33-35(3,4)29-23-13-9-7-11-21(23)15-17-25(29)37-33)27-31(39)28(32(27)40)20(2)34-36(5,6)30-24-14-10-8-12-22(24)16-18-26(30)38-34/h7-18,37,39H,1-6H3. The SMILES string of the molecule is CC(C1=Nc2ccc3ccccc3c2C1(C)C)=C1C(=O)C(C(C)=C2Nc3ccc4ccccc4c3C2(C)C)=C1O. The molecule has 0 saturated carbocycles. The average molecular weight is 525 g/mol. The summed E-state index contributed by atoms with van der Waals surface area (Å²) in [5, 5.41) is 19.7. The first-order valence-electron chi connectivity index (χ1n) is 13.9. The molecule has 0 radical (unpaired) electrons. The number of allylic oxidation sites excluding steroid dienone is 5. The van der Waals surface area contributed by atoms with E-state index in [0.717, 1.165) is 39.5 Å². The van der Waals surface area contributed by atoms with Crippen molar-refractivity contribution < 1.29 is 9.90 Å². The number of carbonyl (C=O) groups excluding carboxylic acids is 1. The highest BCUT2D eigenvalue weighted by molar-refractivity contribution is 6.27. The van der Waals surface area contributed by atoms with Gasteiger partial charge < -0.3 is 10.4 Å². The Kier molecular flexibility index (Phi) is 4.95. The van der Waals surface area contributed by atoms with Crippen LogP contribution in [0.15, 0.2) is 112 Å². The normalized spacial score (nSPS) is 21.1. The molecule has 40 heavy (non-hydrogen) atoms. The lowest BCUT2D eigenvalue weighted by Crippen LogP contribution is -2.33. The van der Waals surface area contributed by atoms with E-state index in [2.05, 4.69) is 93.7 Å². The zero-order chi connectivity index (χ0) is 28.1. The van der Waals surface area contributed by atoms with Gasteiger partial charge in [-0.2, -0.15) is 0 Å². The van der Waals surface area contributed by atoms with E-state index in [1.54, 1.807) is 0 Å². The first-order valence-corrected chi connectivity index (χ1v) is 13.9. The van der Waals surface area contributed by atoms with E-state index in [4.69, 9.17) is 4.99 Å². The summed E-state index contributed by atoms with van der Waals surface area (Å²) < 4.78 is 0. The number of hydrogen-bond donors (Lipinski definition) is 2. The topological polar surface area (TPSA) is 61.7 Å². The molecule has 2 aliphatic heterocycles. The highest BCUT2D eigenvalue weighted by atomic mass is 16.3. The van der Waals surface area contributed by atoms with E-state index in [9.17, 15) is 9.90 Å². The van der Waals surface area contributed by atoms with Gasteiger partial charge in [0.05, 0.1) is 22.5 Å². The summed E-state index contributed by atoms with van der Waals surface area (Å²) >= 11 is 0. The number of ketones is 1. The van der Waals surface area contributed by atoms with Crippen LogP contribution < -0.4 is 5.32 Å². The number of Topliss-reactive ketones (excluding diaryl/α,β-unsaturated/α-hetero) is 1. The highest BCUT2D eigenvalue weighted by Crippen LogP contribution is 2.51. The van der Waals surface area contributed by atoms with Crippen LogP contribution in [-0.4, -0.2) is 16.6 Å². The van der Waals surface area contributed by atoms with Gasteiger partial charge in [0.15, 0.2) is 0 Å². The fraction of sp³-hybridized carbons (Fsp3) is 0.222. The van der Waals surface area contributed by atoms with E-state index in [-0.39, 0.29) is 17.0 Å². The monoisotopic (exact) mass is 524 g/mol. The van der Waals surface area contributed by atoms with Gasteiger partial charge in [0.1, 0.15) is 5.76 Å². The number of nitrogens with one attached hydrogen (secondary N) is 1. The zero-order valence-corrected chi connectivity index (χ0v) is 23.7. The molecular weight excluding hydrogens is 492 g/mol. The fourth-order valence-corrected chi connectivity index (χ4v) is 7.31. The van der Waals surface area contributed by atoms with Crippen LogP contribution in [-0.2, 0) is 15.6 Å². The molecule has 0 amide bonds. The van der Waals surface area contributed by atoms with Crippen molar-refractivity contribution in [3.8, 4) is 0 Å². The summed E-state index contributed by atoms with van der Waals surface area (Å²) in [6, 6.07) is 25.1. The molecular formula is C36H32N2O2. The second-order valence-electron chi connectivity index (χ2n) is 12.3. The van der Waals surface area contributed by atoms with Crippen LogP contribution >= 0.6 is 0 Å². The number of hydrogen-bond acceptors (Lipinski definition) is 4. The number of carbonyl (C=O) groups is 1. The minimum absolute atomic E-state index is 0.0604. The molecule has 4 heteroatoms. The highest BCUT2D eigenvalue weighted by Gasteiger charge is 2.45. The van der Waals surface area contributed by atoms with E-state index in [1.165, 1.54) is 27.1 Å². The van der Waals surface area contributed by atoms with Crippen molar-refractivity contribution in [2.24, 2.45) is 4.99 Å². The average Bonchev–Trinajstić information content (AvgIpc) is 3.37. The van der Waals surface area contributed by atoms with Crippen LogP contribution in [0.4, 0.5) is 11.4 Å². The van der Waals surface area contributed by atoms with Crippen LogP contribution in [0.1, 0.15) is 52.7 Å². The minimum atomic E-state index is -0.408. The molecule has 0 atom stereocenters. The van der Waals surface area contributed by atoms with Gasteiger partial charge >= 0.3 is 0 Å². The minimum Gasteiger partial charge on any atom is -0.506 e. The lowest BCUT2D eigenvalue weighted by Gasteiger charge is -2.31. The molecule has 0 aromatic heterocycles. The number of benzene rings is 4. The van der Waals surface area contributed by atoms with Crippen molar-refractivity contribution >= 4 is 44.4 Å². The van der Waals surface area contributed by atoms with Gasteiger partial charge in [0.25, 0.3) is 0 Å². The summed E-state index contributed by atoms with van der Waals surface area (Å²) in [7, 11) is 0. The molecule has 4 aromatic carbocycles. The maximum Gasteiger partial charge on any atom is 0.201 e. The van der Waals surface area contributed by atoms with E-state index in [0.29, 0.717) is 11.1 Å². The van der Waals surface area contributed by atoms with Crippen LogP contribution in [0, 0.1) is 0 Å². The fourth-order valence-electron chi connectivity index (χ4n) is 7.31. The van der Waals surface area contributed by atoms with Crippen LogP contribution in [0.2, 0.25) is 0 Å². The second kappa shape index (κ2) is 8.04. The van der Waals surface area contributed by atoms with Crippen molar-refractivity contribution in [3.63, 3.8) is 0 Å². The van der Waals surface area contributed by atoms with Crippen molar-refractivity contribution in [3.05, 3.63) is 118 Å². The summed E-state index contributed by atoms with van der Waals surface area (Å²) in [5.41, 5.74) is 7.64. The molecule has 198 valence electrons. The summed E-state index contributed by atoms with van der Waals surface area (Å²) in [5.74, 6) is -0.0667. The van der Waals surface area contributed by atoms with Crippen molar-refractivity contribution in [1.82, 2.24) is 0 Å². The molecule has 2 heterocycles. The van der Waals surface area contributed by atoms with Gasteiger partial charge in [-0.25, -0.2) is 0 Å². The van der Waals surface area contributed by atoms with Gasteiger partial charge in [-0.15, -0.1) is 0 Å². The van der Waals surface area contributed by atoms with Crippen molar-refractivity contribution in [1.29, 1.82) is 0 Å². The summed E-state index contributed by atoms with van der Waals surface area (Å²) in [6.07, 6.45) is 0. The van der Waals surface area contributed by atoms with Crippen LogP contribution in [0.25, 0.3) is 21.5 Å². The van der Waals surface area contributed by atoms with Crippen molar-refractivity contribution in [2.75, 3.05) is 5.32 Å². The van der Waals surface area contributed by atoms with Gasteiger partial charge in [-0.05, 0) is 69.8 Å². The molecule has 4 aromatic rings. The molecule has 0 bridgehead atoms. The number of nitrogens with zero attached hydrogens (tertiary/aromatic N) is 1. The smallest absolute Gasteiger partial charge is 0.201 e. The molecule has 0 unspecified atom stereocenters. The lowest BCUT2D eigenvalue weighted by molar-refractivity contribution is -0.113. The molecule has 2 N–H and O–H groups in total. The van der Waals surface area contributed by atoms with Gasteiger partial charge in [0, 0.05) is 22.2 Å². The first-order chi connectivity index (χ1) is 19.0. The molecule has 0 fully saturated rings. The molecule has 3 aliphatic rings. The van der Waals surface area contributed by atoms with E-state index >= 15 is 0 Å². The van der Waals surface area contributed by atoms with E-state index < -0.39 is 5.41 Å². The van der Waals surface area contributed by atoms with Gasteiger partial charge in [-0.3, -0.25) is 9.79 Å². The second-order valence-corrected chi connectivity index (χ2v) is 12.3. The molecule has 4 nitrogen and oxygen atoms in total. The predicted octanol–water partition coefficient (Wildman–Crippen LogP) is 8.75. The number of aliphatic hydroxyl groups is 1. The Balaban J connectivity index is 1.32. The quantitative estimate of drug-likeness (QED) is 0.258. The molecule has 7 rings (SSSR count). The molecule has 1 aliphatic carbocycles. The third kappa shape index (κ3) is 3.08. The Labute approximate surface area is 234 Å². The Morgan fingerprint density at radius 2 is 1.35 bits per heavy atom. The summed E-state index contributed by atoms with van der Waals surface area (Å²) in [6.45, 7) is 12.5. The Bertz CT molecular complexity index is 1960. The number of anilines is 1. The Morgan fingerprint density at radius 3 is 2.00 bits per heavy atom. The maximum absolute atomic E-state index is 13.8. The third-order valence-corrected chi connectivity index (χ3v) is 9.20. The molecule has 0 saturated heterocycles. The number of fused-ring (bicyclic) bond motifs is 6. The van der Waals surface area contributed by atoms with Gasteiger partial charge in [0.2, 0.25) is 5.78 Å². The summed E-state index contributed by atoms with van der Waals surface area (Å²) in [4.78, 5) is 18.8. The lowest BCUT2D eigenvalue weighted by atomic mass is 9.72. The Morgan fingerprint density at radius 1 is 0.750 bits per heavy atom. The number of rotatable bonds is 2. The van der Waals surface area contributed by atoms with Gasteiger partial charge in [-0.1, -0.05) is 88.4 Å². The van der Waals surface area contributed by atoms with Crippen molar-refractivity contribution in [2.45, 2.75) is 52.4 Å². The van der Waals surface area contributed by atoms with Crippen LogP contribution in [0.5, 0.6) is 0 Å². The number of aliphatic imine (C=N–C) groups is 1.